The number of aliphatic hydroxyl groups excluding tert-OH is 7. The number of hydrogen-bond donors (Lipinski definition) is 8. The van der Waals surface area contributed by atoms with Crippen molar-refractivity contribution in [3.8, 4) is 0 Å². The lowest BCUT2D eigenvalue weighted by Gasteiger charge is -2.40. The Kier molecular flexibility index (Phi) is 41.0. The van der Waals surface area contributed by atoms with E-state index < -0.39 is 74.2 Å². The Labute approximate surface area is 392 Å². The van der Waals surface area contributed by atoms with Crippen LogP contribution in [-0.2, 0) is 14.3 Å². The van der Waals surface area contributed by atoms with E-state index in [1.165, 1.54) is 161 Å². The fourth-order valence-corrected chi connectivity index (χ4v) is 8.85. The Morgan fingerprint density at radius 2 is 0.906 bits per heavy atom. The van der Waals surface area contributed by atoms with Crippen LogP contribution in [0.3, 0.4) is 0 Å². The van der Waals surface area contributed by atoms with Crippen LogP contribution in [0.5, 0.6) is 0 Å². The summed E-state index contributed by atoms with van der Waals surface area (Å²) >= 11 is 0. The highest BCUT2D eigenvalue weighted by Crippen LogP contribution is 2.23. The van der Waals surface area contributed by atoms with Gasteiger partial charge in [-0.15, -0.1) is 0 Å². The zero-order valence-corrected chi connectivity index (χ0v) is 41.3. The fraction of sp³-hybridized carbons (Fsp3) is 0.943. The van der Waals surface area contributed by atoms with Crippen LogP contribution in [0, 0.1) is 0 Å². The molecule has 0 aromatic heterocycles. The Bertz CT molecular complexity index is 1050. The van der Waals surface area contributed by atoms with E-state index in [2.05, 4.69) is 31.3 Å². The van der Waals surface area contributed by atoms with Crippen molar-refractivity contribution in [2.24, 2.45) is 0 Å². The van der Waals surface area contributed by atoms with E-state index in [-0.39, 0.29) is 6.42 Å². The summed E-state index contributed by atoms with van der Waals surface area (Å²) in [7, 11) is 0. The molecule has 0 saturated carbocycles. The summed E-state index contributed by atoms with van der Waals surface area (Å²) in [5.74, 6) is -0.702. The van der Waals surface area contributed by atoms with Gasteiger partial charge in [-0.2, -0.15) is 0 Å². The van der Waals surface area contributed by atoms with Crippen molar-refractivity contribution in [1.82, 2.24) is 5.32 Å². The van der Waals surface area contributed by atoms with Crippen molar-refractivity contribution in [2.75, 3.05) is 13.2 Å². The molecule has 0 bridgehead atoms. The number of ether oxygens (including phenoxy) is 2. The predicted octanol–water partition coefficient (Wildman–Crippen LogP) is 10.4. The first-order valence-electron chi connectivity index (χ1n) is 27.1. The molecular formula is C53H103NO10. The topological polar surface area (TPSA) is 189 Å². The third-order valence-corrected chi connectivity index (χ3v) is 13.3. The van der Waals surface area contributed by atoms with Gasteiger partial charge in [-0.1, -0.05) is 225 Å². The van der Waals surface area contributed by atoms with E-state index in [4.69, 9.17) is 9.47 Å². The number of nitrogens with one attached hydrogen (secondary N) is 1. The molecule has 1 amide bonds. The minimum Gasteiger partial charge on any atom is -0.394 e. The van der Waals surface area contributed by atoms with Gasteiger partial charge in [0.05, 0.1) is 25.4 Å². The SMILES string of the molecule is CCCCCCCCCCC/C=C\CCCCCCC(O)C(=O)NC(COC1OC(CO)C(O)C(O)C1O)C(O)C(O)CCCCCCCCCCCCCCCCCCCCCC. The first-order chi connectivity index (χ1) is 31.2. The molecule has 11 nitrogen and oxygen atoms in total. The van der Waals surface area contributed by atoms with E-state index in [1.54, 1.807) is 0 Å². The highest BCUT2D eigenvalue weighted by molar-refractivity contribution is 5.80. The number of aliphatic hydroxyl groups is 7. The number of unbranched alkanes of at least 4 members (excludes halogenated alkanes) is 32. The predicted molar refractivity (Wildman–Crippen MR) is 261 cm³/mol. The van der Waals surface area contributed by atoms with Crippen LogP contribution in [-0.4, -0.2) is 110 Å². The van der Waals surface area contributed by atoms with Crippen molar-refractivity contribution < 1.29 is 50.0 Å². The van der Waals surface area contributed by atoms with Crippen LogP contribution >= 0.6 is 0 Å². The summed E-state index contributed by atoms with van der Waals surface area (Å²) in [6.45, 7) is 3.47. The summed E-state index contributed by atoms with van der Waals surface area (Å²) in [6.07, 6.45) is 36.8. The number of amides is 1. The normalized spacial score (nSPS) is 21.0. The molecule has 11 heteroatoms. The largest absolute Gasteiger partial charge is 0.394 e. The molecule has 1 fully saturated rings. The molecule has 0 aliphatic carbocycles. The minimum absolute atomic E-state index is 0.249. The zero-order valence-electron chi connectivity index (χ0n) is 41.3. The fourth-order valence-electron chi connectivity index (χ4n) is 8.85. The second kappa shape index (κ2) is 43.2. The van der Waals surface area contributed by atoms with Crippen molar-refractivity contribution >= 4 is 5.91 Å². The third kappa shape index (κ3) is 31.8. The van der Waals surface area contributed by atoms with Crippen LogP contribution in [0.4, 0.5) is 0 Å². The molecule has 9 unspecified atom stereocenters. The zero-order chi connectivity index (χ0) is 46.9. The lowest BCUT2D eigenvalue weighted by molar-refractivity contribution is -0.303. The molecule has 0 aromatic rings. The van der Waals surface area contributed by atoms with Crippen LogP contribution in [0.25, 0.3) is 0 Å². The summed E-state index contributed by atoms with van der Waals surface area (Å²) in [6, 6.07) is -1.17. The molecule has 1 aliphatic rings. The van der Waals surface area contributed by atoms with Crippen molar-refractivity contribution in [1.29, 1.82) is 0 Å². The minimum atomic E-state index is -1.66. The van der Waals surface area contributed by atoms with Crippen LogP contribution in [0.1, 0.15) is 251 Å². The Balaban J connectivity index is 2.36. The molecule has 0 radical (unpaired) electrons. The van der Waals surface area contributed by atoms with Gasteiger partial charge in [0.1, 0.15) is 36.6 Å². The monoisotopic (exact) mass is 914 g/mol. The van der Waals surface area contributed by atoms with E-state index >= 15 is 0 Å². The van der Waals surface area contributed by atoms with Gasteiger partial charge >= 0.3 is 0 Å². The van der Waals surface area contributed by atoms with E-state index in [9.17, 15) is 40.5 Å². The van der Waals surface area contributed by atoms with Gasteiger partial charge in [0.15, 0.2) is 6.29 Å². The van der Waals surface area contributed by atoms with Crippen molar-refractivity contribution in [3.05, 3.63) is 12.2 Å². The van der Waals surface area contributed by atoms with Gasteiger partial charge in [0.2, 0.25) is 5.91 Å². The molecule has 8 N–H and O–H groups in total. The smallest absolute Gasteiger partial charge is 0.249 e. The molecule has 1 saturated heterocycles. The molecule has 0 spiro atoms. The Hall–Kier alpha value is -1.15. The highest BCUT2D eigenvalue weighted by Gasteiger charge is 2.44. The standard InChI is InChI=1S/C53H103NO10/c1-3-5-7-9-11-13-15-17-19-21-22-23-25-26-28-30-32-34-36-38-40-45(56)48(58)44(43-63-53-51(61)50(60)49(59)47(42-55)64-53)54-52(62)46(57)41-39-37-35-33-31-29-27-24-20-18-16-14-12-10-8-6-4-2/h27,29,44-51,53,55-61H,3-26,28,30-43H2,1-2H3,(H,54,62)/b29-27-. The van der Waals surface area contributed by atoms with Gasteiger partial charge in [-0.25, -0.2) is 0 Å². The number of carbonyl (C=O) groups is 1. The first-order valence-corrected chi connectivity index (χ1v) is 27.1. The molecule has 380 valence electrons. The lowest BCUT2D eigenvalue weighted by Crippen LogP contribution is -2.60. The molecule has 1 aliphatic heterocycles. The Morgan fingerprint density at radius 1 is 0.531 bits per heavy atom. The number of hydrogen-bond acceptors (Lipinski definition) is 10. The summed E-state index contributed by atoms with van der Waals surface area (Å²) < 4.78 is 11.1. The quantitative estimate of drug-likeness (QED) is 0.0216. The average molecular weight is 914 g/mol. The van der Waals surface area contributed by atoms with Gasteiger partial charge in [-0.3, -0.25) is 4.79 Å². The van der Waals surface area contributed by atoms with E-state index in [0.29, 0.717) is 19.3 Å². The summed E-state index contributed by atoms with van der Waals surface area (Å²) in [5, 5.41) is 76.0. The van der Waals surface area contributed by atoms with Crippen LogP contribution < -0.4 is 5.32 Å². The van der Waals surface area contributed by atoms with Gasteiger partial charge in [0, 0.05) is 0 Å². The summed E-state index contributed by atoms with van der Waals surface area (Å²) in [4.78, 5) is 13.1. The van der Waals surface area contributed by atoms with E-state index in [0.717, 1.165) is 51.4 Å². The molecular weight excluding hydrogens is 811 g/mol. The maximum absolute atomic E-state index is 13.1. The molecule has 1 rings (SSSR count). The third-order valence-electron chi connectivity index (χ3n) is 13.3. The number of allylic oxidation sites excluding steroid dienone is 2. The number of rotatable bonds is 46. The van der Waals surface area contributed by atoms with Gasteiger partial charge in [-0.05, 0) is 38.5 Å². The van der Waals surface area contributed by atoms with Crippen LogP contribution in [0.2, 0.25) is 0 Å². The molecule has 0 aromatic carbocycles. The highest BCUT2D eigenvalue weighted by atomic mass is 16.7. The maximum Gasteiger partial charge on any atom is 0.249 e. The van der Waals surface area contributed by atoms with Crippen molar-refractivity contribution in [2.45, 2.75) is 306 Å². The lowest BCUT2D eigenvalue weighted by atomic mass is 9.98. The average Bonchev–Trinajstić information content (AvgIpc) is 3.29. The van der Waals surface area contributed by atoms with Gasteiger partial charge < -0.3 is 50.5 Å². The first kappa shape index (κ1) is 60.9. The van der Waals surface area contributed by atoms with Crippen molar-refractivity contribution in [3.63, 3.8) is 0 Å². The second-order valence-corrected chi connectivity index (χ2v) is 19.3. The Morgan fingerprint density at radius 3 is 1.31 bits per heavy atom. The number of carbonyl (C=O) groups excluding carboxylic acids is 1. The summed E-state index contributed by atoms with van der Waals surface area (Å²) in [5.41, 5.74) is 0. The molecule has 9 atom stereocenters. The maximum atomic E-state index is 13.1. The van der Waals surface area contributed by atoms with E-state index in [1.807, 2.05) is 0 Å². The molecule has 64 heavy (non-hydrogen) atoms. The molecule has 1 heterocycles. The second-order valence-electron chi connectivity index (χ2n) is 19.3. The van der Waals surface area contributed by atoms with Crippen LogP contribution in [0.15, 0.2) is 12.2 Å². The van der Waals surface area contributed by atoms with Gasteiger partial charge in [0.25, 0.3) is 0 Å².